The fraction of sp³-hybridized carbons (Fsp3) is 0.571. The predicted molar refractivity (Wildman–Crippen MR) is 84.1 cm³/mol. The van der Waals surface area contributed by atoms with Gasteiger partial charge in [-0.05, 0) is 12.8 Å². The Morgan fingerprint density at radius 1 is 1.12 bits per heavy atom. The summed E-state index contributed by atoms with van der Waals surface area (Å²) in [4.78, 5) is 22.0. The molecule has 1 aromatic rings. The third-order valence-corrected chi connectivity index (χ3v) is 3.40. The number of halogens is 3. The molecule has 0 aromatic heterocycles. The smallest absolute Gasteiger partial charge is 0.420 e. The summed E-state index contributed by atoms with van der Waals surface area (Å²) >= 11 is 0. The van der Waals surface area contributed by atoms with Crippen molar-refractivity contribution < 1.29 is 27.8 Å². The number of alkyl halides is 3. The lowest BCUT2D eigenvalue weighted by Crippen LogP contribution is -2.27. The van der Waals surface area contributed by atoms with E-state index in [0.29, 0.717) is 18.9 Å². The lowest BCUT2D eigenvalue weighted by molar-refractivity contribution is -0.393. The molecule has 0 bridgehead atoms. The van der Waals surface area contributed by atoms with Crippen LogP contribution in [0.2, 0.25) is 0 Å². The van der Waals surface area contributed by atoms with Gasteiger partial charge in [0.2, 0.25) is 5.75 Å². The van der Waals surface area contributed by atoms with E-state index in [4.69, 9.17) is 0 Å². The molecule has 0 N–H and O–H groups in total. The molecule has 1 aromatic carbocycles. The Hall–Kier alpha value is -2.59. The van der Waals surface area contributed by atoms with Crippen LogP contribution >= 0.6 is 0 Å². The van der Waals surface area contributed by atoms with Gasteiger partial charge >= 0.3 is 17.6 Å². The molecule has 0 saturated heterocycles. The van der Waals surface area contributed by atoms with Crippen LogP contribution in [-0.2, 0) is 6.18 Å². The third kappa shape index (κ3) is 4.28. The van der Waals surface area contributed by atoms with Crippen molar-refractivity contribution in [1.82, 2.24) is 0 Å². The number of ether oxygens (including phenoxy) is 1. The first-order chi connectivity index (χ1) is 11.6. The number of nitrogens with zero attached hydrogens (tertiary/aromatic N) is 3. The summed E-state index contributed by atoms with van der Waals surface area (Å²) in [6.45, 7) is 3.93. The molecule has 25 heavy (non-hydrogen) atoms. The van der Waals surface area contributed by atoms with Crippen LogP contribution in [0, 0.1) is 20.2 Å². The number of benzene rings is 1. The van der Waals surface area contributed by atoms with Gasteiger partial charge in [-0.15, -0.1) is 0 Å². The summed E-state index contributed by atoms with van der Waals surface area (Å²) in [6, 6.07) is 0.291. The van der Waals surface area contributed by atoms with Gasteiger partial charge in [0.25, 0.3) is 0 Å². The van der Waals surface area contributed by atoms with Crippen LogP contribution in [0.4, 0.5) is 30.2 Å². The molecule has 0 aliphatic heterocycles. The van der Waals surface area contributed by atoms with Crippen LogP contribution in [0.25, 0.3) is 0 Å². The van der Waals surface area contributed by atoms with E-state index in [1.165, 1.54) is 4.90 Å². The maximum atomic E-state index is 13.2. The van der Waals surface area contributed by atoms with E-state index in [2.05, 4.69) is 4.74 Å². The van der Waals surface area contributed by atoms with Crippen LogP contribution in [0.15, 0.2) is 6.07 Å². The second-order valence-electron chi connectivity index (χ2n) is 5.17. The molecule has 0 amide bonds. The summed E-state index contributed by atoms with van der Waals surface area (Å²) < 4.78 is 44.3. The average molecular weight is 365 g/mol. The maximum absolute atomic E-state index is 13.2. The SMILES string of the molecule is CCCN(CCC)c1c([N+](=O)[O-])cc(C(F)(F)F)c(OC)c1[N+](=O)[O-]. The number of nitro groups is 2. The lowest BCUT2D eigenvalue weighted by atomic mass is 10.1. The molecule has 11 heteroatoms. The highest BCUT2D eigenvalue weighted by molar-refractivity contribution is 5.81. The number of hydrogen-bond donors (Lipinski definition) is 0. The second-order valence-corrected chi connectivity index (χ2v) is 5.17. The van der Waals surface area contributed by atoms with Gasteiger partial charge in [-0.2, -0.15) is 13.2 Å². The van der Waals surface area contributed by atoms with Crippen LogP contribution in [0.5, 0.6) is 5.75 Å². The van der Waals surface area contributed by atoms with Crippen LogP contribution in [-0.4, -0.2) is 30.0 Å². The van der Waals surface area contributed by atoms with Gasteiger partial charge in [0.15, 0.2) is 5.69 Å². The standard InChI is InChI=1S/C14H18F3N3O5/c1-4-6-18(7-5-2)11-10(19(21)22)8-9(14(15,16)17)13(25-3)12(11)20(23)24/h8H,4-7H2,1-3H3. The highest BCUT2D eigenvalue weighted by Gasteiger charge is 2.44. The van der Waals surface area contributed by atoms with Gasteiger partial charge in [0.05, 0.1) is 17.0 Å². The molecule has 0 unspecified atom stereocenters. The number of hydrogen-bond acceptors (Lipinski definition) is 6. The normalized spacial score (nSPS) is 11.3. The van der Waals surface area contributed by atoms with Gasteiger partial charge in [-0.3, -0.25) is 20.2 Å². The first kappa shape index (κ1) is 20.5. The molecule has 0 aliphatic rings. The summed E-state index contributed by atoms with van der Waals surface area (Å²) in [5.41, 5.74) is -4.04. The number of anilines is 1. The Balaban J connectivity index is 3.96. The molecule has 1 rings (SSSR count). The minimum Gasteiger partial charge on any atom is -0.490 e. The van der Waals surface area contributed by atoms with Crippen LogP contribution < -0.4 is 9.64 Å². The zero-order valence-electron chi connectivity index (χ0n) is 13.9. The molecule has 0 radical (unpaired) electrons. The largest absolute Gasteiger partial charge is 0.490 e. The quantitative estimate of drug-likeness (QED) is 0.507. The van der Waals surface area contributed by atoms with E-state index < -0.39 is 44.4 Å². The summed E-state index contributed by atoms with van der Waals surface area (Å²) in [5.74, 6) is -1.03. The Bertz CT molecular complexity index is 658. The topological polar surface area (TPSA) is 98.8 Å². The first-order valence-corrected chi connectivity index (χ1v) is 7.45. The monoisotopic (exact) mass is 365 g/mol. The van der Waals surface area contributed by atoms with E-state index >= 15 is 0 Å². The molecule has 0 heterocycles. The molecule has 0 spiro atoms. The predicted octanol–water partition coefficient (Wildman–Crippen LogP) is 4.16. The summed E-state index contributed by atoms with van der Waals surface area (Å²) in [6.07, 6.45) is -4.05. The average Bonchev–Trinajstić information content (AvgIpc) is 2.51. The van der Waals surface area contributed by atoms with Gasteiger partial charge in [-0.25, -0.2) is 0 Å². The number of methoxy groups -OCH3 is 1. The van der Waals surface area contributed by atoms with Crippen LogP contribution in [0.1, 0.15) is 32.3 Å². The molecule has 0 saturated carbocycles. The first-order valence-electron chi connectivity index (χ1n) is 7.45. The zero-order valence-corrected chi connectivity index (χ0v) is 13.9. The lowest BCUT2D eigenvalue weighted by Gasteiger charge is -2.24. The molecular weight excluding hydrogens is 347 g/mol. The fourth-order valence-electron chi connectivity index (χ4n) is 2.54. The highest BCUT2D eigenvalue weighted by atomic mass is 19.4. The van der Waals surface area contributed by atoms with Gasteiger partial charge in [0.1, 0.15) is 5.56 Å². The van der Waals surface area contributed by atoms with Crippen molar-refractivity contribution >= 4 is 17.1 Å². The fourth-order valence-corrected chi connectivity index (χ4v) is 2.54. The van der Waals surface area contributed by atoms with Crippen molar-refractivity contribution in [3.8, 4) is 5.75 Å². The molecule has 0 aliphatic carbocycles. The minimum atomic E-state index is -5.04. The highest BCUT2D eigenvalue weighted by Crippen LogP contribution is 2.50. The number of rotatable bonds is 8. The van der Waals surface area contributed by atoms with E-state index in [-0.39, 0.29) is 13.1 Å². The Labute approximate surface area is 141 Å². The van der Waals surface area contributed by atoms with Crippen LogP contribution in [0.3, 0.4) is 0 Å². The van der Waals surface area contributed by atoms with Crippen molar-refractivity contribution in [3.63, 3.8) is 0 Å². The van der Waals surface area contributed by atoms with Crippen molar-refractivity contribution in [3.05, 3.63) is 31.9 Å². The van der Waals surface area contributed by atoms with Gasteiger partial charge in [0, 0.05) is 19.2 Å². The summed E-state index contributed by atoms with van der Waals surface area (Å²) in [7, 11) is 0.858. The minimum absolute atomic E-state index is 0.212. The molecule has 140 valence electrons. The Morgan fingerprint density at radius 2 is 1.64 bits per heavy atom. The van der Waals surface area contributed by atoms with E-state index in [1.54, 1.807) is 13.8 Å². The second kappa shape index (κ2) is 7.99. The van der Waals surface area contributed by atoms with Gasteiger partial charge < -0.3 is 9.64 Å². The molecular formula is C14H18F3N3O5. The van der Waals surface area contributed by atoms with E-state index in [0.717, 1.165) is 7.11 Å². The van der Waals surface area contributed by atoms with Crippen molar-refractivity contribution in [2.24, 2.45) is 0 Å². The van der Waals surface area contributed by atoms with E-state index in [1.807, 2.05) is 0 Å². The number of nitro benzene ring substituents is 2. The van der Waals surface area contributed by atoms with E-state index in [9.17, 15) is 33.4 Å². The van der Waals surface area contributed by atoms with Crippen molar-refractivity contribution in [2.75, 3.05) is 25.1 Å². The third-order valence-electron chi connectivity index (χ3n) is 3.40. The molecule has 0 fully saturated rings. The Morgan fingerprint density at radius 3 is 1.96 bits per heavy atom. The molecule has 8 nitrogen and oxygen atoms in total. The summed E-state index contributed by atoms with van der Waals surface area (Å²) in [5, 5.41) is 22.8. The van der Waals surface area contributed by atoms with Crippen molar-refractivity contribution in [2.45, 2.75) is 32.9 Å². The van der Waals surface area contributed by atoms with Gasteiger partial charge in [-0.1, -0.05) is 13.8 Å². The maximum Gasteiger partial charge on any atom is 0.420 e. The Kier molecular flexibility index (Phi) is 6.54. The molecule has 0 atom stereocenters. The van der Waals surface area contributed by atoms with Crippen molar-refractivity contribution in [1.29, 1.82) is 0 Å². The zero-order chi connectivity index (χ0) is 19.4.